The SMILES string of the molecule is Cc1ccc(F)c(C2(O)CCCC2)c1F. The van der Waals surface area contributed by atoms with Crippen LogP contribution in [0.5, 0.6) is 0 Å². The molecule has 2 rings (SSSR count). The molecule has 1 N–H and O–H groups in total. The van der Waals surface area contributed by atoms with Gasteiger partial charge in [0.2, 0.25) is 0 Å². The molecule has 0 aromatic heterocycles. The standard InChI is InChI=1S/C12H14F2O/c1-8-4-5-9(13)10(11(8)14)12(15)6-2-3-7-12/h4-5,15H,2-3,6-7H2,1H3. The van der Waals surface area contributed by atoms with Gasteiger partial charge in [0.05, 0.1) is 11.2 Å². The number of aliphatic hydroxyl groups is 1. The van der Waals surface area contributed by atoms with E-state index in [1.807, 2.05) is 0 Å². The average Bonchev–Trinajstić information content (AvgIpc) is 2.60. The maximum absolute atomic E-state index is 13.8. The van der Waals surface area contributed by atoms with Crippen LogP contribution in [0.3, 0.4) is 0 Å². The topological polar surface area (TPSA) is 20.2 Å². The zero-order chi connectivity index (χ0) is 11.1. The van der Waals surface area contributed by atoms with Crippen molar-refractivity contribution in [3.8, 4) is 0 Å². The number of hydrogen-bond donors (Lipinski definition) is 1. The van der Waals surface area contributed by atoms with Gasteiger partial charge in [0, 0.05) is 0 Å². The highest BCUT2D eigenvalue weighted by Crippen LogP contribution is 2.41. The van der Waals surface area contributed by atoms with Crippen LogP contribution in [0.2, 0.25) is 0 Å². The van der Waals surface area contributed by atoms with Crippen molar-refractivity contribution in [2.24, 2.45) is 0 Å². The summed E-state index contributed by atoms with van der Waals surface area (Å²) < 4.78 is 27.3. The molecule has 15 heavy (non-hydrogen) atoms. The molecule has 0 aliphatic heterocycles. The van der Waals surface area contributed by atoms with E-state index in [1.165, 1.54) is 12.1 Å². The molecule has 1 fully saturated rings. The summed E-state index contributed by atoms with van der Waals surface area (Å²) in [5, 5.41) is 10.2. The molecule has 1 nitrogen and oxygen atoms in total. The van der Waals surface area contributed by atoms with E-state index < -0.39 is 17.2 Å². The van der Waals surface area contributed by atoms with Crippen molar-refractivity contribution in [1.29, 1.82) is 0 Å². The molecule has 1 aliphatic carbocycles. The average molecular weight is 212 g/mol. The molecule has 0 bridgehead atoms. The Bertz CT molecular complexity index is 381. The lowest BCUT2D eigenvalue weighted by atomic mass is 9.90. The van der Waals surface area contributed by atoms with Crippen LogP contribution in [0.15, 0.2) is 12.1 Å². The monoisotopic (exact) mass is 212 g/mol. The van der Waals surface area contributed by atoms with E-state index in [-0.39, 0.29) is 5.56 Å². The maximum Gasteiger partial charge on any atom is 0.135 e. The van der Waals surface area contributed by atoms with E-state index in [9.17, 15) is 13.9 Å². The molecule has 0 atom stereocenters. The number of aryl methyl sites for hydroxylation is 1. The third-order valence-corrected chi connectivity index (χ3v) is 3.18. The fourth-order valence-electron chi connectivity index (χ4n) is 2.29. The molecule has 1 aliphatic rings. The molecule has 0 heterocycles. The number of benzene rings is 1. The van der Waals surface area contributed by atoms with Gasteiger partial charge in [0.25, 0.3) is 0 Å². The third kappa shape index (κ3) is 1.65. The molecule has 0 radical (unpaired) electrons. The van der Waals surface area contributed by atoms with Gasteiger partial charge in [-0.2, -0.15) is 0 Å². The van der Waals surface area contributed by atoms with Crippen molar-refractivity contribution in [2.45, 2.75) is 38.2 Å². The minimum Gasteiger partial charge on any atom is -0.385 e. The molecule has 0 spiro atoms. The summed E-state index contributed by atoms with van der Waals surface area (Å²) in [5.41, 5.74) is -1.05. The van der Waals surface area contributed by atoms with E-state index in [1.54, 1.807) is 6.92 Å². The van der Waals surface area contributed by atoms with Gasteiger partial charge in [-0.3, -0.25) is 0 Å². The molecule has 1 aromatic rings. The number of hydrogen-bond acceptors (Lipinski definition) is 1. The Labute approximate surface area is 87.7 Å². The van der Waals surface area contributed by atoms with E-state index >= 15 is 0 Å². The van der Waals surface area contributed by atoms with E-state index in [2.05, 4.69) is 0 Å². The van der Waals surface area contributed by atoms with E-state index in [4.69, 9.17) is 0 Å². The van der Waals surface area contributed by atoms with Crippen LogP contribution >= 0.6 is 0 Å². The first kappa shape index (κ1) is 10.6. The Morgan fingerprint density at radius 1 is 1.20 bits per heavy atom. The number of halogens is 2. The van der Waals surface area contributed by atoms with Crippen molar-refractivity contribution in [3.05, 3.63) is 34.9 Å². The highest BCUT2D eigenvalue weighted by atomic mass is 19.1. The first-order chi connectivity index (χ1) is 7.04. The van der Waals surface area contributed by atoms with Crippen LogP contribution in [0.25, 0.3) is 0 Å². The van der Waals surface area contributed by atoms with Crippen molar-refractivity contribution in [1.82, 2.24) is 0 Å². The molecule has 1 saturated carbocycles. The Morgan fingerprint density at radius 2 is 1.80 bits per heavy atom. The second kappa shape index (κ2) is 3.56. The van der Waals surface area contributed by atoms with E-state index in [0.29, 0.717) is 18.4 Å². The largest absolute Gasteiger partial charge is 0.385 e. The molecular weight excluding hydrogens is 198 g/mol. The van der Waals surface area contributed by atoms with Crippen LogP contribution in [-0.2, 0) is 5.60 Å². The molecular formula is C12H14F2O. The van der Waals surface area contributed by atoms with Gasteiger partial charge in [0.15, 0.2) is 0 Å². The maximum atomic E-state index is 13.8. The summed E-state index contributed by atoms with van der Waals surface area (Å²) in [4.78, 5) is 0. The number of rotatable bonds is 1. The minimum absolute atomic E-state index is 0.139. The van der Waals surface area contributed by atoms with Gasteiger partial charge in [-0.15, -0.1) is 0 Å². The van der Waals surface area contributed by atoms with Gasteiger partial charge in [-0.05, 0) is 31.4 Å². The van der Waals surface area contributed by atoms with Crippen LogP contribution in [0, 0.1) is 18.6 Å². The van der Waals surface area contributed by atoms with Crippen LogP contribution in [0.1, 0.15) is 36.8 Å². The van der Waals surface area contributed by atoms with Gasteiger partial charge in [-0.1, -0.05) is 18.9 Å². The first-order valence-corrected chi connectivity index (χ1v) is 5.22. The second-order valence-electron chi connectivity index (χ2n) is 4.29. The van der Waals surface area contributed by atoms with Crippen LogP contribution in [-0.4, -0.2) is 5.11 Å². The quantitative estimate of drug-likeness (QED) is 0.758. The highest BCUT2D eigenvalue weighted by Gasteiger charge is 2.38. The molecule has 0 amide bonds. The van der Waals surface area contributed by atoms with Gasteiger partial charge in [-0.25, -0.2) is 8.78 Å². The zero-order valence-corrected chi connectivity index (χ0v) is 8.69. The fourth-order valence-corrected chi connectivity index (χ4v) is 2.29. The normalized spacial score (nSPS) is 19.5. The Kier molecular flexibility index (Phi) is 2.51. The lowest BCUT2D eigenvalue weighted by Gasteiger charge is -2.24. The minimum atomic E-state index is -1.29. The molecule has 0 unspecified atom stereocenters. The molecule has 3 heteroatoms. The van der Waals surface area contributed by atoms with Crippen LogP contribution in [0.4, 0.5) is 8.78 Å². The Balaban J connectivity index is 2.55. The Hall–Kier alpha value is -0.960. The van der Waals surface area contributed by atoms with Crippen molar-refractivity contribution >= 4 is 0 Å². The summed E-state index contributed by atoms with van der Waals surface area (Å²) >= 11 is 0. The van der Waals surface area contributed by atoms with Crippen LogP contribution < -0.4 is 0 Å². The van der Waals surface area contributed by atoms with Gasteiger partial charge in [0.1, 0.15) is 11.6 Å². The van der Waals surface area contributed by atoms with Gasteiger partial charge >= 0.3 is 0 Å². The molecule has 1 aromatic carbocycles. The van der Waals surface area contributed by atoms with Crippen molar-refractivity contribution in [3.63, 3.8) is 0 Å². The lowest BCUT2D eigenvalue weighted by Crippen LogP contribution is -2.24. The van der Waals surface area contributed by atoms with Crippen molar-refractivity contribution < 1.29 is 13.9 Å². The van der Waals surface area contributed by atoms with Gasteiger partial charge < -0.3 is 5.11 Å². The predicted octanol–water partition coefficient (Wildman–Crippen LogP) is 3.03. The summed E-state index contributed by atoms with van der Waals surface area (Å²) in [5.74, 6) is -1.23. The third-order valence-electron chi connectivity index (χ3n) is 3.18. The second-order valence-corrected chi connectivity index (χ2v) is 4.29. The fraction of sp³-hybridized carbons (Fsp3) is 0.500. The summed E-state index contributed by atoms with van der Waals surface area (Å²) in [7, 11) is 0. The predicted molar refractivity (Wildman–Crippen MR) is 53.5 cm³/mol. The molecule has 82 valence electrons. The lowest BCUT2D eigenvalue weighted by molar-refractivity contribution is 0.0367. The first-order valence-electron chi connectivity index (χ1n) is 5.22. The molecule has 0 saturated heterocycles. The van der Waals surface area contributed by atoms with E-state index in [0.717, 1.165) is 12.8 Å². The smallest absolute Gasteiger partial charge is 0.135 e. The highest BCUT2D eigenvalue weighted by molar-refractivity contribution is 5.32. The summed E-state index contributed by atoms with van der Waals surface area (Å²) in [6.07, 6.45) is 2.54. The van der Waals surface area contributed by atoms with Crippen molar-refractivity contribution in [2.75, 3.05) is 0 Å². The summed E-state index contributed by atoms with van der Waals surface area (Å²) in [6.45, 7) is 1.58. The zero-order valence-electron chi connectivity index (χ0n) is 8.69. The Morgan fingerprint density at radius 3 is 2.40 bits per heavy atom. The summed E-state index contributed by atoms with van der Waals surface area (Å²) in [6, 6.07) is 2.62.